The Morgan fingerprint density at radius 3 is 2.86 bits per heavy atom. The first-order valence-corrected chi connectivity index (χ1v) is 12.7. The van der Waals surface area contributed by atoms with Gasteiger partial charge >= 0.3 is 0 Å². The van der Waals surface area contributed by atoms with E-state index < -0.39 is 0 Å². The van der Waals surface area contributed by atoms with Gasteiger partial charge in [0.15, 0.2) is 10.8 Å². The lowest BCUT2D eigenvalue weighted by molar-refractivity contribution is -0.125. The second kappa shape index (κ2) is 10.0. The monoisotopic (exact) mass is 493 g/mol. The molecule has 1 N–H and O–H groups in total. The molecule has 1 atom stereocenters. The summed E-state index contributed by atoms with van der Waals surface area (Å²) >= 11 is 1.57. The Bertz CT molecular complexity index is 1330. The molecule has 0 aliphatic carbocycles. The molecule has 1 fully saturated rings. The maximum atomic E-state index is 13.8. The van der Waals surface area contributed by atoms with Gasteiger partial charge in [-0.2, -0.15) is 10.1 Å². The highest BCUT2D eigenvalue weighted by Crippen LogP contribution is 2.34. The molecule has 0 saturated carbocycles. The van der Waals surface area contributed by atoms with Crippen LogP contribution < -0.4 is 15.0 Å². The van der Waals surface area contributed by atoms with E-state index in [1.807, 2.05) is 44.2 Å². The van der Waals surface area contributed by atoms with Crippen LogP contribution in [0, 0.1) is 18.7 Å². The third kappa shape index (κ3) is 5.00. The van der Waals surface area contributed by atoms with Crippen LogP contribution in [0.15, 0.2) is 48.5 Å². The molecule has 1 amide bonds. The minimum atomic E-state index is -0.311. The number of nitrogens with zero attached hydrogens (tertiary/aromatic N) is 4. The van der Waals surface area contributed by atoms with Crippen molar-refractivity contribution in [2.45, 2.75) is 33.2 Å². The van der Waals surface area contributed by atoms with Gasteiger partial charge in [0, 0.05) is 19.6 Å². The van der Waals surface area contributed by atoms with Crippen molar-refractivity contribution in [3.63, 3.8) is 0 Å². The lowest BCUT2D eigenvalue weighted by Crippen LogP contribution is -2.43. The number of halogens is 1. The molecule has 1 aliphatic rings. The zero-order valence-corrected chi connectivity index (χ0v) is 20.6. The van der Waals surface area contributed by atoms with Crippen molar-refractivity contribution in [3.05, 3.63) is 65.6 Å². The van der Waals surface area contributed by atoms with Gasteiger partial charge in [-0.25, -0.2) is 9.07 Å². The van der Waals surface area contributed by atoms with Crippen LogP contribution >= 0.6 is 11.3 Å². The molecule has 4 aromatic rings. The van der Waals surface area contributed by atoms with Gasteiger partial charge in [-0.05, 0) is 62.6 Å². The number of aromatic nitrogens is 3. The van der Waals surface area contributed by atoms with Gasteiger partial charge in [-0.15, -0.1) is 0 Å². The van der Waals surface area contributed by atoms with Crippen LogP contribution in [0.3, 0.4) is 0 Å². The third-order valence-electron chi connectivity index (χ3n) is 6.19. The number of rotatable bonds is 7. The number of anilines is 1. The fourth-order valence-corrected chi connectivity index (χ4v) is 5.44. The molecule has 182 valence electrons. The molecule has 0 bridgehead atoms. The Morgan fingerprint density at radius 2 is 2.09 bits per heavy atom. The summed E-state index contributed by atoms with van der Waals surface area (Å²) in [6.45, 7) is 6.49. The molecule has 2 aromatic carbocycles. The number of carbonyl (C=O) groups excluding carboxylic acids is 1. The molecular weight excluding hydrogens is 465 g/mol. The average Bonchev–Trinajstić information content (AvgIpc) is 3.44. The Morgan fingerprint density at radius 1 is 1.26 bits per heavy atom. The average molecular weight is 494 g/mol. The van der Waals surface area contributed by atoms with Crippen LogP contribution in [0.4, 0.5) is 9.52 Å². The van der Waals surface area contributed by atoms with Crippen molar-refractivity contribution in [1.29, 1.82) is 0 Å². The fourth-order valence-electron chi connectivity index (χ4n) is 4.41. The standard InChI is InChI=1S/C26H28FN5O2S/c1-3-34-22-11-9-18(10-12-22)15-28-25(33)19-6-5-13-31(16-19)26-29-24-23(35-26)17(2)30-32(24)21-8-4-7-20(27)14-21/h4,7-12,14,19H,3,5-6,13,15-16H2,1-2H3,(H,28,33)/t19-/m0/s1. The number of aryl methyl sites for hydroxylation is 1. The summed E-state index contributed by atoms with van der Waals surface area (Å²) in [7, 11) is 0. The number of hydrogen-bond donors (Lipinski definition) is 1. The van der Waals surface area contributed by atoms with Crippen molar-refractivity contribution >= 4 is 32.7 Å². The van der Waals surface area contributed by atoms with Gasteiger partial charge in [0.05, 0.1) is 28.6 Å². The highest BCUT2D eigenvalue weighted by molar-refractivity contribution is 7.22. The predicted octanol–water partition coefficient (Wildman–Crippen LogP) is 4.86. The summed E-state index contributed by atoms with van der Waals surface area (Å²) in [5.41, 5.74) is 3.26. The smallest absolute Gasteiger partial charge is 0.225 e. The highest BCUT2D eigenvalue weighted by atomic mass is 32.1. The number of fused-ring (bicyclic) bond motifs is 1. The van der Waals surface area contributed by atoms with E-state index in [-0.39, 0.29) is 17.6 Å². The topological polar surface area (TPSA) is 72.3 Å². The van der Waals surface area contributed by atoms with Crippen molar-refractivity contribution in [3.8, 4) is 11.4 Å². The molecule has 7 nitrogen and oxygen atoms in total. The summed E-state index contributed by atoms with van der Waals surface area (Å²) in [6, 6.07) is 14.2. The molecule has 0 spiro atoms. The summed E-state index contributed by atoms with van der Waals surface area (Å²) in [4.78, 5) is 20.0. The second-order valence-electron chi connectivity index (χ2n) is 8.71. The minimum absolute atomic E-state index is 0.0619. The van der Waals surface area contributed by atoms with Crippen LogP contribution in [0.5, 0.6) is 5.75 Å². The van der Waals surface area contributed by atoms with Gasteiger partial charge < -0.3 is 15.0 Å². The number of nitrogens with one attached hydrogen (secondary N) is 1. The molecule has 35 heavy (non-hydrogen) atoms. The van der Waals surface area contributed by atoms with Crippen LogP contribution in [0.2, 0.25) is 0 Å². The van der Waals surface area contributed by atoms with Crippen LogP contribution in [0.1, 0.15) is 31.0 Å². The van der Waals surface area contributed by atoms with Gasteiger partial charge in [-0.1, -0.05) is 29.5 Å². The fraction of sp³-hybridized carbons (Fsp3) is 0.346. The summed E-state index contributed by atoms with van der Waals surface area (Å²) in [5.74, 6) is 0.484. The van der Waals surface area contributed by atoms with Crippen LogP contribution in [-0.4, -0.2) is 40.4 Å². The number of amides is 1. The van der Waals surface area contributed by atoms with Gasteiger partial charge in [0.25, 0.3) is 0 Å². The molecule has 9 heteroatoms. The quantitative estimate of drug-likeness (QED) is 0.398. The molecule has 5 rings (SSSR count). The summed E-state index contributed by atoms with van der Waals surface area (Å²) in [5, 5.41) is 8.52. The Labute approximate surface area is 207 Å². The van der Waals surface area contributed by atoms with Gasteiger partial charge in [0.2, 0.25) is 5.91 Å². The number of carbonyl (C=O) groups is 1. The van der Waals surface area contributed by atoms with E-state index in [0.29, 0.717) is 25.4 Å². The molecule has 0 unspecified atom stereocenters. The first kappa shape index (κ1) is 23.3. The van der Waals surface area contributed by atoms with Crippen molar-refractivity contribution < 1.29 is 13.9 Å². The first-order valence-electron chi connectivity index (χ1n) is 11.9. The van der Waals surface area contributed by atoms with E-state index >= 15 is 0 Å². The lowest BCUT2D eigenvalue weighted by Gasteiger charge is -2.31. The first-order chi connectivity index (χ1) is 17.0. The maximum absolute atomic E-state index is 13.8. The normalized spacial score (nSPS) is 16.0. The summed E-state index contributed by atoms with van der Waals surface area (Å²) < 4.78 is 21.9. The number of benzene rings is 2. The van der Waals surface area contributed by atoms with E-state index in [1.54, 1.807) is 22.1 Å². The van der Waals surface area contributed by atoms with Crippen molar-refractivity contribution in [2.75, 3.05) is 24.6 Å². The zero-order valence-electron chi connectivity index (χ0n) is 19.8. The van der Waals surface area contributed by atoms with Crippen LogP contribution in [-0.2, 0) is 11.3 Å². The SMILES string of the molecule is CCOc1ccc(CNC(=O)[C@H]2CCCN(c3nc4c(s3)c(C)nn4-c3cccc(F)c3)C2)cc1. The van der Waals surface area contributed by atoms with E-state index in [1.165, 1.54) is 12.1 Å². The predicted molar refractivity (Wildman–Crippen MR) is 136 cm³/mol. The van der Waals surface area contributed by atoms with E-state index in [0.717, 1.165) is 51.9 Å². The number of thiazole rings is 1. The molecule has 2 aromatic heterocycles. The Hall–Kier alpha value is -3.46. The molecule has 3 heterocycles. The molecular formula is C26H28FN5O2S. The lowest BCUT2D eigenvalue weighted by atomic mass is 9.97. The van der Waals surface area contributed by atoms with Crippen molar-refractivity contribution in [1.82, 2.24) is 20.1 Å². The van der Waals surface area contributed by atoms with Gasteiger partial charge in [-0.3, -0.25) is 4.79 Å². The molecule has 0 radical (unpaired) electrons. The van der Waals surface area contributed by atoms with E-state index in [4.69, 9.17) is 9.72 Å². The third-order valence-corrected chi connectivity index (χ3v) is 7.41. The highest BCUT2D eigenvalue weighted by Gasteiger charge is 2.28. The Balaban J connectivity index is 1.27. The number of piperidine rings is 1. The summed E-state index contributed by atoms with van der Waals surface area (Å²) in [6.07, 6.45) is 1.78. The van der Waals surface area contributed by atoms with E-state index in [2.05, 4.69) is 15.3 Å². The molecule has 1 saturated heterocycles. The minimum Gasteiger partial charge on any atom is -0.494 e. The van der Waals surface area contributed by atoms with E-state index in [9.17, 15) is 9.18 Å². The Kier molecular flexibility index (Phi) is 6.68. The van der Waals surface area contributed by atoms with Gasteiger partial charge in [0.1, 0.15) is 11.6 Å². The zero-order chi connectivity index (χ0) is 24.4. The number of ether oxygens (including phenoxy) is 1. The maximum Gasteiger partial charge on any atom is 0.225 e. The second-order valence-corrected chi connectivity index (χ2v) is 9.68. The number of hydrogen-bond acceptors (Lipinski definition) is 6. The van der Waals surface area contributed by atoms with Crippen molar-refractivity contribution in [2.24, 2.45) is 5.92 Å². The molecule has 1 aliphatic heterocycles. The van der Waals surface area contributed by atoms with Crippen LogP contribution in [0.25, 0.3) is 16.0 Å². The largest absolute Gasteiger partial charge is 0.494 e.